The van der Waals surface area contributed by atoms with Gasteiger partial charge in [0, 0.05) is 17.1 Å². The first-order valence-electron chi connectivity index (χ1n) is 5.45. The molecular formula is C13H7F3N3. The lowest BCUT2D eigenvalue weighted by Crippen LogP contribution is -2.16. The van der Waals surface area contributed by atoms with Crippen molar-refractivity contribution in [1.29, 1.82) is 0 Å². The SMILES string of the molecule is FC(F)(F)n1ccc(-c2[c]nc3ccccc3c2)n1. The summed E-state index contributed by atoms with van der Waals surface area (Å²) in [6, 6.07) is 10.3. The molecule has 3 rings (SSSR count). The van der Waals surface area contributed by atoms with Crippen LogP contribution in [0.3, 0.4) is 0 Å². The highest BCUT2D eigenvalue weighted by Crippen LogP contribution is 2.25. The standard InChI is InChI=1S/C13H7F3N3/c14-13(15,16)19-6-5-12(18-19)10-7-9-3-1-2-4-11(9)17-8-10/h1-7H. The van der Waals surface area contributed by atoms with Crippen molar-refractivity contribution in [2.75, 3.05) is 0 Å². The predicted octanol–water partition coefficient (Wildman–Crippen LogP) is 3.37. The van der Waals surface area contributed by atoms with Crippen molar-refractivity contribution in [2.45, 2.75) is 6.30 Å². The van der Waals surface area contributed by atoms with E-state index in [0.717, 1.165) is 17.1 Å². The Bertz CT molecular complexity index is 731. The molecule has 0 bridgehead atoms. The van der Waals surface area contributed by atoms with Gasteiger partial charge in [-0.05, 0) is 18.2 Å². The summed E-state index contributed by atoms with van der Waals surface area (Å²) in [7, 11) is 0. The number of rotatable bonds is 1. The van der Waals surface area contributed by atoms with Crippen LogP contribution in [0.4, 0.5) is 13.2 Å². The Balaban J connectivity index is 2.07. The second-order valence-electron chi connectivity index (χ2n) is 3.95. The van der Waals surface area contributed by atoms with Crippen molar-refractivity contribution < 1.29 is 13.2 Å². The summed E-state index contributed by atoms with van der Waals surface area (Å²) in [5.74, 6) is 0. The van der Waals surface area contributed by atoms with Gasteiger partial charge in [-0.25, -0.2) is 4.98 Å². The van der Waals surface area contributed by atoms with E-state index in [1.54, 1.807) is 6.07 Å². The van der Waals surface area contributed by atoms with E-state index in [9.17, 15) is 13.2 Å². The molecule has 0 unspecified atom stereocenters. The molecule has 0 aliphatic carbocycles. The number of nitrogens with zero attached hydrogens (tertiary/aromatic N) is 3. The Kier molecular flexibility index (Phi) is 2.51. The van der Waals surface area contributed by atoms with Crippen molar-refractivity contribution in [3.05, 3.63) is 48.8 Å². The summed E-state index contributed by atoms with van der Waals surface area (Å²) in [4.78, 5) is 4.07. The fraction of sp³-hybridized carbons (Fsp3) is 0.0769. The Morgan fingerprint density at radius 2 is 1.89 bits per heavy atom. The van der Waals surface area contributed by atoms with Crippen LogP contribution in [0.5, 0.6) is 0 Å². The number of benzene rings is 1. The lowest BCUT2D eigenvalue weighted by atomic mass is 10.1. The Morgan fingerprint density at radius 1 is 1.11 bits per heavy atom. The molecule has 6 heteroatoms. The summed E-state index contributed by atoms with van der Waals surface area (Å²) in [5, 5.41) is 4.31. The monoisotopic (exact) mass is 262 g/mol. The number of fused-ring (bicyclic) bond motifs is 1. The largest absolute Gasteiger partial charge is 0.504 e. The summed E-state index contributed by atoms with van der Waals surface area (Å²) < 4.78 is 37.3. The molecule has 19 heavy (non-hydrogen) atoms. The van der Waals surface area contributed by atoms with Crippen LogP contribution in [-0.2, 0) is 6.30 Å². The molecule has 2 aromatic heterocycles. The zero-order chi connectivity index (χ0) is 13.5. The van der Waals surface area contributed by atoms with Gasteiger partial charge in [0.25, 0.3) is 0 Å². The van der Waals surface area contributed by atoms with Crippen molar-refractivity contribution in [3.8, 4) is 11.3 Å². The minimum Gasteiger partial charge on any atom is -0.245 e. The normalized spacial score (nSPS) is 11.9. The molecule has 0 amide bonds. The van der Waals surface area contributed by atoms with Gasteiger partial charge in [0.15, 0.2) is 0 Å². The van der Waals surface area contributed by atoms with Crippen LogP contribution in [0.2, 0.25) is 0 Å². The minimum absolute atomic E-state index is 0.0363. The number of hydrogen-bond acceptors (Lipinski definition) is 2. The Labute approximate surface area is 106 Å². The van der Waals surface area contributed by atoms with Gasteiger partial charge in [0.1, 0.15) is 0 Å². The van der Waals surface area contributed by atoms with Crippen LogP contribution in [0, 0.1) is 6.20 Å². The summed E-state index contributed by atoms with van der Waals surface area (Å²) in [5.41, 5.74) is 1.36. The highest BCUT2D eigenvalue weighted by molar-refractivity contribution is 5.82. The third-order valence-corrected chi connectivity index (χ3v) is 2.66. The van der Waals surface area contributed by atoms with E-state index in [-0.39, 0.29) is 10.4 Å². The van der Waals surface area contributed by atoms with Gasteiger partial charge in [-0.1, -0.05) is 18.2 Å². The van der Waals surface area contributed by atoms with E-state index < -0.39 is 6.30 Å². The molecule has 1 aromatic carbocycles. The minimum atomic E-state index is -4.51. The van der Waals surface area contributed by atoms with Gasteiger partial charge in [-0.2, -0.15) is 9.78 Å². The average Bonchev–Trinajstić information content (AvgIpc) is 2.87. The van der Waals surface area contributed by atoms with E-state index in [1.807, 2.05) is 24.3 Å². The second-order valence-corrected chi connectivity index (χ2v) is 3.95. The molecule has 0 spiro atoms. The quantitative estimate of drug-likeness (QED) is 0.673. The number of pyridine rings is 1. The smallest absolute Gasteiger partial charge is 0.245 e. The molecule has 2 heterocycles. The average molecular weight is 262 g/mol. The number of halogens is 3. The molecule has 95 valence electrons. The first-order chi connectivity index (χ1) is 9.04. The van der Waals surface area contributed by atoms with Crippen LogP contribution >= 0.6 is 0 Å². The van der Waals surface area contributed by atoms with E-state index in [0.29, 0.717) is 5.56 Å². The van der Waals surface area contributed by atoms with Crippen molar-refractivity contribution in [2.24, 2.45) is 0 Å². The van der Waals surface area contributed by atoms with Gasteiger partial charge in [-0.15, -0.1) is 13.2 Å². The van der Waals surface area contributed by atoms with Crippen molar-refractivity contribution in [1.82, 2.24) is 14.8 Å². The van der Waals surface area contributed by atoms with Gasteiger partial charge in [0.2, 0.25) is 0 Å². The molecule has 0 N–H and O–H groups in total. The number of para-hydroxylation sites is 1. The zero-order valence-corrected chi connectivity index (χ0v) is 9.52. The Hall–Kier alpha value is -2.37. The maximum Gasteiger partial charge on any atom is 0.504 e. The molecule has 0 saturated carbocycles. The molecule has 0 aliphatic heterocycles. The molecule has 0 fully saturated rings. The molecule has 1 radical (unpaired) electrons. The number of alkyl halides is 3. The Morgan fingerprint density at radius 3 is 2.63 bits per heavy atom. The van der Waals surface area contributed by atoms with E-state index in [1.165, 1.54) is 6.07 Å². The zero-order valence-electron chi connectivity index (χ0n) is 9.52. The summed E-state index contributed by atoms with van der Waals surface area (Å²) in [6.07, 6.45) is -0.939. The van der Waals surface area contributed by atoms with Crippen LogP contribution in [-0.4, -0.2) is 14.8 Å². The van der Waals surface area contributed by atoms with Crippen LogP contribution in [0.1, 0.15) is 0 Å². The van der Waals surface area contributed by atoms with Crippen LogP contribution in [0.25, 0.3) is 22.2 Å². The fourth-order valence-corrected chi connectivity index (χ4v) is 1.76. The van der Waals surface area contributed by atoms with Crippen molar-refractivity contribution >= 4 is 10.9 Å². The molecule has 3 aromatic rings. The van der Waals surface area contributed by atoms with Crippen molar-refractivity contribution in [3.63, 3.8) is 0 Å². The maximum atomic E-state index is 12.4. The van der Waals surface area contributed by atoms with Gasteiger partial charge in [0.05, 0.1) is 17.4 Å². The maximum absolute atomic E-state index is 12.4. The molecule has 0 saturated heterocycles. The number of aromatic nitrogens is 3. The summed E-state index contributed by atoms with van der Waals surface area (Å²) in [6.45, 7) is 0. The van der Waals surface area contributed by atoms with E-state index in [4.69, 9.17) is 0 Å². The summed E-state index contributed by atoms with van der Waals surface area (Å²) >= 11 is 0. The highest BCUT2D eigenvalue weighted by Gasteiger charge is 2.31. The van der Waals surface area contributed by atoms with Crippen LogP contribution in [0.15, 0.2) is 42.6 Å². The number of hydrogen-bond donors (Lipinski definition) is 0. The third kappa shape index (κ3) is 2.16. The molecule has 0 aliphatic rings. The predicted molar refractivity (Wildman–Crippen MR) is 63.1 cm³/mol. The van der Waals surface area contributed by atoms with E-state index in [2.05, 4.69) is 16.3 Å². The lowest BCUT2D eigenvalue weighted by Gasteiger charge is -2.04. The first kappa shape index (κ1) is 11.7. The lowest BCUT2D eigenvalue weighted by molar-refractivity contribution is -0.212. The third-order valence-electron chi connectivity index (χ3n) is 2.66. The van der Waals surface area contributed by atoms with Gasteiger partial charge >= 0.3 is 6.30 Å². The fourth-order valence-electron chi connectivity index (χ4n) is 1.76. The van der Waals surface area contributed by atoms with Crippen LogP contribution < -0.4 is 0 Å². The van der Waals surface area contributed by atoms with E-state index >= 15 is 0 Å². The molecule has 3 nitrogen and oxygen atoms in total. The second kappa shape index (κ2) is 4.08. The molecular weight excluding hydrogens is 255 g/mol. The van der Waals surface area contributed by atoms with Gasteiger partial charge in [-0.3, -0.25) is 0 Å². The van der Waals surface area contributed by atoms with Gasteiger partial charge < -0.3 is 0 Å². The highest BCUT2D eigenvalue weighted by atomic mass is 19.4. The topological polar surface area (TPSA) is 30.7 Å². The molecule has 0 atom stereocenters. The first-order valence-corrected chi connectivity index (χ1v) is 5.45.